The molecule has 0 aromatic carbocycles. The van der Waals surface area contributed by atoms with E-state index >= 15 is 0 Å². The Kier molecular flexibility index (Phi) is 3.26. The average Bonchev–Trinajstić information content (AvgIpc) is 2.53. The van der Waals surface area contributed by atoms with Crippen LogP contribution < -0.4 is 0 Å². The lowest BCUT2D eigenvalue weighted by Crippen LogP contribution is -2.11. The van der Waals surface area contributed by atoms with Crippen molar-refractivity contribution < 1.29 is 0 Å². The van der Waals surface area contributed by atoms with Crippen LogP contribution in [0.3, 0.4) is 0 Å². The molecule has 68 valence electrons. The summed E-state index contributed by atoms with van der Waals surface area (Å²) in [6.45, 7) is 7.13. The summed E-state index contributed by atoms with van der Waals surface area (Å²) in [4.78, 5) is 0. The predicted octanol–water partition coefficient (Wildman–Crippen LogP) is 1.95. The first-order valence-electron chi connectivity index (χ1n) is 4.76. The predicted molar refractivity (Wildman–Crippen MR) is 49.0 cm³/mol. The second-order valence-corrected chi connectivity index (χ2v) is 2.77. The molecular weight excluding hydrogens is 150 g/mol. The lowest BCUT2D eigenvalue weighted by molar-refractivity contribution is 0.514. The number of nitrogens with zero attached hydrogens (tertiary/aromatic N) is 3. The Labute approximate surface area is 73.8 Å². The molecule has 0 saturated carbocycles. The van der Waals surface area contributed by atoms with E-state index in [4.69, 9.17) is 0 Å². The molecule has 3 nitrogen and oxygen atoms in total. The zero-order valence-electron chi connectivity index (χ0n) is 8.17. The maximum absolute atomic E-state index is 4.07. The van der Waals surface area contributed by atoms with Crippen molar-refractivity contribution in [1.29, 1.82) is 0 Å². The third-order valence-electron chi connectivity index (χ3n) is 2.04. The summed E-state index contributed by atoms with van der Waals surface area (Å²) in [5, 5.41) is 8.08. The Morgan fingerprint density at radius 1 is 1.17 bits per heavy atom. The highest BCUT2D eigenvalue weighted by atomic mass is 15.3. The van der Waals surface area contributed by atoms with Gasteiger partial charge in [-0.25, -0.2) is 0 Å². The minimum atomic E-state index is 1.06. The van der Waals surface area contributed by atoms with E-state index in [2.05, 4.69) is 14.8 Å². The number of aromatic nitrogens is 3. The van der Waals surface area contributed by atoms with Gasteiger partial charge in [0.15, 0.2) is 0 Å². The molecule has 0 amide bonds. The average molecular weight is 167 g/mol. The van der Waals surface area contributed by atoms with Crippen LogP contribution in [0.1, 0.15) is 38.3 Å². The van der Waals surface area contributed by atoms with Gasteiger partial charge in [-0.1, -0.05) is 13.8 Å². The van der Waals surface area contributed by atoms with Gasteiger partial charge in [-0.3, -0.25) is 0 Å². The van der Waals surface area contributed by atoms with Gasteiger partial charge in [0.05, 0.1) is 0 Å². The van der Waals surface area contributed by atoms with E-state index in [1.54, 1.807) is 0 Å². The molecule has 0 saturated heterocycles. The van der Waals surface area contributed by atoms with E-state index in [0.717, 1.165) is 18.8 Å². The van der Waals surface area contributed by atoms with Crippen LogP contribution in [0.5, 0.6) is 0 Å². The zero-order chi connectivity index (χ0) is 8.97. The van der Waals surface area contributed by atoms with E-state index in [9.17, 15) is 0 Å². The van der Waals surface area contributed by atoms with E-state index < -0.39 is 0 Å². The largest absolute Gasteiger partial charge is 0.315 e. The number of aryl methyl sites for hydroxylation is 2. The summed E-state index contributed by atoms with van der Waals surface area (Å²) < 4.78 is 2.21. The quantitative estimate of drug-likeness (QED) is 0.591. The molecule has 0 spiro atoms. The monoisotopic (exact) mass is 167 g/mol. The summed E-state index contributed by atoms with van der Waals surface area (Å²) in [5.41, 5.74) is 0. The lowest BCUT2D eigenvalue weighted by atomic mass is 10.2. The topological polar surface area (TPSA) is 30.7 Å². The van der Waals surface area contributed by atoms with Gasteiger partial charge < -0.3 is 4.57 Å². The van der Waals surface area contributed by atoms with E-state index in [1.807, 2.05) is 20.8 Å². The molecule has 0 aliphatic carbocycles. The first kappa shape index (κ1) is 9.23. The molecule has 2 heterocycles. The van der Waals surface area contributed by atoms with Crippen LogP contribution >= 0.6 is 0 Å². The maximum Gasteiger partial charge on any atom is 0.132 e. The van der Waals surface area contributed by atoms with Crippen LogP contribution in [-0.4, -0.2) is 14.8 Å². The SMILES string of the molecule is CC.Cc1nnc2n1CCCC2. The highest BCUT2D eigenvalue weighted by molar-refractivity contribution is 4.96. The summed E-state index contributed by atoms with van der Waals surface area (Å²) in [7, 11) is 0. The smallest absolute Gasteiger partial charge is 0.132 e. The molecule has 0 radical (unpaired) electrons. The Hall–Kier alpha value is -0.860. The molecule has 0 fully saturated rings. The molecule has 1 aromatic rings. The molecule has 12 heavy (non-hydrogen) atoms. The van der Waals surface area contributed by atoms with Crippen LogP contribution in [-0.2, 0) is 13.0 Å². The van der Waals surface area contributed by atoms with Crippen molar-refractivity contribution in [3.8, 4) is 0 Å². The fourth-order valence-corrected chi connectivity index (χ4v) is 1.45. The summed E-state index contributed by atoms with van der Waals surface area (Å²) in [6, 6.07) is 0. The van der Waals surface area contributed by atoms with Crippen LogP contribution in [0.2, 0.25) is 0 Å². The van der Waals surface area contributed by atoms with E-state index in [1.165, 1.54) is 18.7 Å². The molecule has 2 rings (SSSR count). The normalized spacial score (nSPS) is 14.6. The number of fused-ring (bicyclic) bond motifs is 1. The molecule has 0 bridgehead atoms. The van der Waals surface area contributed by atoms with Gasteiger partial charge in [0.2, 0.25) is 0 Å². The van der Waals surface area contributed by atoms with Crippen LogP contribution in [0.4, 0.5) is 0 Å². The summed E-state index contributed by atoms with van der Waals surface area (Å²) in [5.74, 6) is 2.23. The lowest BCUT2D eigenvalue weighted by Gasteiger charge is -2.12. The fourth-order valence-electron chi connectivity index (χ4n) is 1.45. The summed E-state index contributed by atoms with van der Waals surface area (Å²) in [6.07, 6.45) is 3.67. The van der Waals surface area contributed by atoms with Gasteiger partial charge in [-0.2, -0.15) is 0 Å². The molecule has 1 aromatic heterocycles. The molecule has 1 aliphatic heterocycles. The molecule has 1 aliphatic rings. The molecule has 0 atom stereocenters. The Balaban J connectivity index is 0.000000336. The van der Waals surface area contributed by atoms with Gasteiger partial charge >= 0.3 is 0 Å². The van der Waals surface area contributed by atoms with Crippen molar-refractivity contribution in [3.63, 3.8) is 0 Å². The first-order valence-corrected chi connectivity index (χ1v) is 4.76. The second-order valence-electron chi connectivity index (χ2n) is 2.77. The number of rotatable bonds is 0. The Bertz CT molecular complexity index is 240. The van der Waals surface area contributed by atoms with Crippen molar-refractivity contribution in [2.45, 2.75) is 46.6 Å². The van der Waals surface area contributed by atoms with E-state index in [-0.39, 0.29) is 0 Å². The number of hydrogen-bond donors (Lipinski definition) is 0. The highest BCUT2D eigenvalue weighted by Gasteiger charge is 2.11. The third kappa shape index (κ3) is 1.65. The number of hydrogen-bond acceptors (Lipinski definition) is 2. The van der Waals surface area contributed by atoms with Crippen LogP contribution in [0.15, 0.2) is 0 Å². The maximum atomic E-state index is 4.07. The summed E-state index contributed by atoms with van der Waals surface area (Å²) >= 11 is 0. The Morgan fingerprint density at radius 2 is 1.92 bits per heavy atom. The minimum absolute atomic E-state index is 1.06. The van der Waals surface area contributed by atoms with E-state index in [0.29, 0.717) is 0 Å². The van der Waals surface area contributed by atoms with Gasteiger partial charge in [-0.15, -0.1) is 10.2 Å². The van der Waals surface area contributed by atoms with Crippen molar-refractivity contribution in [2.75, 3.05) is 0 Å². The van der Waals surface area contributed by atoms with Crippen molar-refractivity contribution in [3.05, 3.63) is 11.6 Å². The zero-order valence-corrected chi connectivity index (χ0v) is 8.17. The van der Waals surface area contributed by atoms with Gasteiger partial charge in [0.1, 0.15) is 11.6 Å². The van der Waals surface area contributed by atoms with Gasteiger partial charge in [-0.05, 0) is 19.8 Å². The molecule has 3 heteroatoms. The fraction of sp³-hybridized carbons (Fsp3) is 0.778. The molecule has 0 N–H and O–H groups in total. The van der Waals surface area contributed by atoms with Crippen molar-refractivity contribution >= 4 is 0 Å². The standard InChI is InChI=1S/C7H11N3.C2H6/c1-6-8-9-7-4-2-3-5-10(6)7;1-2/h2-5H2,1H3;1-2H3. The highest BCUT2D eigenvalue weighted by Crippen LogP contribution is 2.12. The molecule has 0 unspecified atom stereocenters. The van der Waals surface area contributed by atoms with Crippen LogP contribution in [0, 0.1) is 6.92 Å². The minimum Gasteiger partial charge on any atom is -0.315 e. The molecular formula is C9H17N3. The van der Waals surface area contributed by atoms with Gasteiger partial charge in [0.25, 0.3) is 0 Å². The van der Waals surface area contributed by atoms with Crippen LogP contribution in [0.25, 0.3) is 0 Å². The van der Waals surface area contributed by atoms with Crippen molar-refractivity contribution in [2.24, 2.45) is 0 Å². The Morgan fingerprint density at radius 3 is 2.58 bits per heavy atom. The second kappa shape index (κ2) is 4.24. The third-order valence-corrected chi connectivity index (χ3v) is 2.04. The van der Waals surface area contributed by atoms with Gasteiger partial charge in [0, 0.05) is 13.0 Å². The first-order chi connectivity index (χ1) is 5.88. The van der Waals surface area contributed by atoms with Crippen molar-refractivity contribution in [1.82, 2.24) is 14.8 Å².